The van der Waals surface area contributed by atoms with E-state index in [2.05, 4.69) is 34.4 Å². The van der Waals surface area contributed by atoms with Gasteiger partial charge in [0.05, 0.1) is 47.8 Å². The van der Waals surface area contributed by atoms with Crippen LogP contribution in [0.2, 0.25) is 5.02 Å². The van der Waals surface area contributed by atoms with Gasteiger partial charge in [-0.05, 0) is 37.0 Å². The van der Waals surface area contributed by atoms with Crippen LogP contribution < -0.4 is 10.2 Å². The number of likely N-dealkylation sites (tertiary alicyclic amines) is 1. The number of halogens is 2. The molecule has 3 aliphatic rings. The first-order chi connectivity index (χ1) is 23.1. The third-order valence-electron chi connectivity index (χ3n) is 9.52. The number of nitrogens with zero attached hydrogens (tertiary/aromatic N) is 2. The summed E-state index contributed by atoms with van der Waals surface area (Å²) in [4.78, 5) is 58.5. The number of allylic oxidation sites excluding steroid dienone is 1. The Bertz CT molecular complexity index is 1540. The molecule has 5 rings (SSSR count). The van der Waals surface area contributed by atoms with Crippen LogP contribution in [-0.2, 0) is 28.7 Å². The van der Waals surface area contributed by atoms with Crippen molar-refractivity contribution in [2.75, 3.05) is 24.6 Å². The molecule has 3 heterocycles. The van der Waals surface area contributed by atoms with Gasteiger partial charge in [-0.2, -0.15) is 0 Å². The largest absolute Gasteiger partial charge is 0.455 e. The predicted molar refractivity (Wildman–Crippen MR) is 185 cm³/mol. The number of para-hydroxylation sites is 1. The third kappa shape index (κ3) is 6.57. The normalized spacial score (nSPS) is 26.8. The van der Waals surface area contributed by atoms with Crippen LogP contribution in [0.25, 0.3) is 0 Å². The first kappa shape index (κ1) is 35.8. The zero-order chi connectivity index (χ0) is 34.6. The van der Waals surface area contributed by atoms with Gasteiger partial charge in [-0.15, -0.1) is 13.2 Å². The number of ether oxygens (including phenoxy) is 2. The number of fused-ring (bicyclic) bond motifs is 1. The van der Waals surface area contributed by atoms with Gasteiger partial charge < -0.3 is 29.7 Å². The average molecular weight is 743 g/mol. The van der Waals surface area contributed by atoms with Gasteiger partial charge in [-0.3, -0.25) is 19.2 Å². The Balaban J connectivity index is 1.51. The second-order valence-electron chi connectivity index (χ2n) is 12.3. The lowest BCUT2D eigenvalue weighted by Gasteiger charge is -2.39. The molecule has 0 aromatic heterocycles. The van der Waals surface area contributed by atoms with Crippen molar-refractivity contribution in [3.63, 3.8) is 0 Å². The maximum Gasteiger partial charge on any atom is 0.313 e. The minimum absolute atomic E-state index is 0.0233. The summed E-state index contributed by atoms with van der Waals surface area (Å²) in [5, 5.41) is 13.6. The molecule has 0 radical (unpaired) electrons. The number of esters is 1. The fourth-order valence-corrected chi connectivity index (χ4v) is 8.50. The number of rotatable bonds is 15. The molecular weight excluding hydrogens is 702 g/mol. The Morgan fingerprint density at radius 1 is 1.19 bits per heavy atom. The summed E-state index contributed by atoms with van der Waals surface area (Å²) in [6.07, 6.45) is 3.01. The summed E-state index contributed by atoms with van der Waals surface area (Å²) in [6, 6.07) is 14.1. The van der Waals surface area contributed by atoms with Crippen molar-refractivity contribution in [3.8, 4) is 0 Å². The molecule has 1 spiro atoms. The molecule has 0 aliphatic carbocycles. The second-order valence-corrected chi connectivity index (χ2v) is 13.9. The molecule has 1 unspecified atom stereocenters. The molecule has 2 bridgehead atoms. The number of nitrogens with one attached hydrogen (secondary N) is 1. The fraction of sp³-hybridized carbons (Fsp3) is 0.444. The third-order valence-corrected chi connectivity index (χ3v) is 10.7. The predicted octanol–water partition coefficient (Wildman–Crippen LogP) is 4.74. The van der Waals surface area contributed by atoms with Gasteiger partial charge in [-0.1, -0.05) is 89.1 Å². The van der Waals surface area contributed by atoms with Crippen LogP contribution in [-0.4, -0.2) is 82.0 Å². The van der Waals surface area contributed by atoms with E-state index in [-0.39, 0.29) is 43.3 Å². The number of aliphatic hydroxyl groups is 1. The van der Waals surface area contributed by atoms with Crippen molar-refractivity contribution in [1.29, 1.82) is 0 Å². The van der Waals surface area contributed by atoms with Crippen molar-refractivity contribution in [2.45, 2.75) is 67.3 Å². The number of anilines is 1. The summed E-state index contributed by atoms with van der Waals surface area (Å²) in [5.41, 5.74) is -0.281. The number of carbonyl (C=O) groups excluding carboxylic acids is 4. The van der Waals surface area contributed by atoms with Gasteiger partial charge in [0.2, 0.25) is 11.8 Å². The quantitative estimate of drug-likeness (QED) is 0.154. The maximum atomic E-state index is 14.8. The summed E-state index contributed by atoms with van der Waals surface area (Å²) < 4.78 is 12.8. The van der Waals surface area contributed by atoms with Crippen molar-refractivity contribution >= 4 is 56.9 Å². The Labute approximate surface area is 294 Å². The van der Waals surface area contributed by atoms with E-state index >= 15 is 0 Å². The molecule has 12 heteroatoms. The average Bonchev–Trinajstić information content (AvgIpc) is 3.69. The number of hydrogen-bond acceptors (Lipinski definition) is 7. The molecule has 2 aromatic rings. The molecule has 256 valence electrons. The van der Waals surface area contributed by atoms with E-state index in [4.69, 9.17) is 21.1 Å². The van der Waals surface area contributed by atoms with E-state index in [9.17, 15) is 24.3 Å². The van der Waals surface area contributed by atoms with Gasteiger partial charge in [0, 0.05) is 17.8 Å². The lowest BCUT2D eigenvalue weighted by molar-refractivity contribution is -0.160. The molecule has 8 atom stereocenters. The van der Waals surface area contributed by atoms with Crippen LogP contribution in [0.1, 0.15) is 44.3 Å². The van der Waals surface area contributed by atoms with E-state index < -0.39 is 59.5 Å². The van der Waals surface area contributed by atoms with E-state index in [1.54, 1.807) is 48.6 Å². The molecule has 2 aromatic carbocycles. The molecule has 3 amide bonds. The topological polar surface area (TPSA) is 125 Å². The molecule has 3 saturated heterocycles. The summed E-state index contributed by atoms with van der Waals surface area (Å²) in [5.74, 6) is -3.89. The Kier molecular flexibility index (Phi) is 11.5. The number of alkyl halides is 1. The molecule has 48 heavy (non-hydrogen) atoms. The maximum absolute atomic E-state index is 14.8. The highest BCUT2D eigenvalue weighted by atomic mass is 79.9. The highest BCUT2D eigenvalue weighted by molar-refractivity contribution is 9.09. The SMILES string of the molecule is C=CCCC(=O)NC[C@@H](OC(=O)[C@H]1[C@@H]2O[C@@]3(CC2Br)[C@@H]1C(=O)N([C@@H](CC)CO)[C@@H]3C(=O)N(CC=C)c1ccccc1Cl)c1ccccc1. The van der Waals surface area contributed by atoms with E-state index in [1.807, 2.05) is 25.1 Å². The smallest absolute Gasteiger partial charge is 0.313 e. The number of hydrogen-bond donors (Lipinski definition) is 2. The van der Waals surface area contributed by atoms with Gasteiger partial charge >= 0.3 is 5.97 Å². The van der Waals surface area contributed by atoms with Crippen molar-refractivity contribution in [1.82, 2.24) is 10.2 Å². The molecule has 10 nitrogen and oxygen atoms in total. The first-order valence-electron chi connectivity index (χ1n) is 16.2. The van der Waals surface area contributed by atoms with Crippen molar-refractivity contribution in [2.24, 2.45) is 11.8 Å². The fourth-order valence-electron chi connectivity index (χ4n) is 7.32. The van der Waals surface area contributed by atoms with Crippen LogP contribution >= 0.6 is 27.5 Å². The molecule has 2 N–H and O–H groups in total. The van der Waals surface area contributed by atoms with Crippen LogP contribution in [0.3, 0.4) is 0 Å². The van der Waals surface area contributed by atoms with E-state index in [1.165, 1.54) is 9.80 Å². The minimum Gasteiger partial charge on any atom is -0.455 e. The number of benzene rings is 2. The Morgan fingerprint density at radius 2 is 1.90 bits per heavy atom. The molecule has 3 aliphatic heterocycles. The van der Waals surface area contributed by atoms with Gasteiger partial charge in [0.1, 0.15) is 17.7 Å². The summed E-state index contributed by atoms with van der Waals surface area (Å²) in [6.45, 7) is 9.04. The number of aliphatic hydroxyl groups excluding tert-OH is 1. The summed E-state index contributed by atoms with van der Waals surface area (Å²) in [7, 11) is 0. The second kappa shape index (κ2) is 15.4. The highest BCUT2D eigenvalue weighted by Gasteiger charge is 2.77. The zero-order valence-electron chi connectivity index (χ0n) is 26.8. The monoisotopic (exact) mass is 741 g/mol. The van der Waals surface area contributed by atoms with Crippen LogP contribution in [0, 0.1) is 11.8 Å². The lowest BCUT2D eigenvalue weighted by atomic mass is 9.70. The van der Waals surface area contributed by atoms with Crippen molar-refractivity contribution in [3.05, 3.63) is 90.5 Å². The standard InChI is InChI=1S/C36H41BrClN3O7/c1-4-7-17-28(43)39-20-27(22-13-9-8-10-14-22)47-35(46)29-30-33(44)41(23(6-3)21-42)32(36(30)19-24(37)31(29)48-36)34(45)40(18-5-2)26-16-12-11-15-25(26)38/h4-5,8-16,23-24,27,29-32,42H,1-2,6-7,17-21H2,3H3,(H,39,43)/t23-,24?,27+,29+,30-,31+,32+,36-/m0/s1. The Hall–Kier alpha value is -3.51. The lowest BCUT2D eigenvalue weighted by Crippen LogP contribution is -2.59. The number of carbonyl (C=O) groups is 4. The van der Waals surface area contributed by atoms with Crippen LogP contribution in [0.5, 0.6) is 0 Å². The van der Waals surface area contributed by atoms with Gasteiger partial charge in [0.15, 0.2) is 0 Å². The molecule has 3 fully saturated rings. The van der Waals surface area contributed by atoms with Gasteiger partial charge in [0.25, 0.3) is 5.91 Å². The molecule has 0 saturated carbocycles. The minimum atomic E-state index is -1.39. The highest BCUT2D eigenvalue weighted by Crippen LogP contribution is 2.61. The summed E-state index contributed by atoms with van der Waals surface area (Å²) >= 11 is 10.2. The molecular formula is C36H41BrClN3O7. The zero-order valence-corrected chi connectivity index (χ0v) is 29.1. The first-order valence-corrected chi connectivity index (χ1v) is 17.5. The van der Waals surface area contributed by atoms with Crippen molar-refractivity contribution < 1.29 is 33.8 Å². The number of amides is 3. The van der Waals surface area contributed by atoms with Gasteiger partial charge in [-0.25, -0.2) is 0 Å². The Morgan fingerprint density at radius 3 is 2.54 bits per heavy atom. The van der Waals surface area contributed by atoms with E-state index in [0.29, 0.717) is 29.1 Å². The van der Waals surface area contributed by atoms with Crippen LogP contribution in [0.15, 0.2) is 79.9 Å². The van der Waals surface area contributed by atoms with E-state index in [0.717, 1.165) is 0 Å². The van der Waals surface area contributed by atoms with Crippen LogP contribution in [0.4, 0.5) is 5.69 Å².